The highest BCUT2D eigenvalue weighted by molar-refractivity contribution is 5.91. The second kappa shape index (κ2) is 24.0. The largest absolute Gasteiger partial charge is 0.326 e. The van der Waals surface area contributed by atoms with Crippen molar-refractivity contribution in [2.45, 2.75) is 142 Å². The van der Waals surface area contributed by atoms with E-state index in [0.717, 1.165) is 65.1 Å². The Morgan fingerprint density at radius 1 is 0.442 bits per heavy atom. The van der Waals surface area contributed by atoms with E-state index in [0.29, 0.717) is 18.7 Å². The third-order valence-electron chi connectivity index (χ3n) is 9.70. The van der Waals surface area contributed by atoms with Crippen LogP contribution >= 0.6 is 0 Å². The molecule has 0 radical (unpaired) electrons. The van der Waals surface area contributed by atoms with Gasteiger partial charge in [0.2, 0.25) is 11.8 Å². The van der Waals surface area contributed by atoms with Gasteiger partial charge in [-0.1, -0.05) is 159 Å². The van der Waals surface area contributed by atoms with Crippen molar-refractivity contribution in [2.24, 2.45) is 0 Å². The minimum absolute atomic E-state index is 0.0587. The van der Waals surface area contributed by atoms with E-state index < -0.39 is 0 Å². The Morgan fingerprint density at radius 2 is 0.808 bits per heavy atom. The number of hydrogen-bond donors (Lipinski definition) is 2. The molecule has 278 valence electrons. The van der Waals surface area contributed by atoms with Gasteiger partial charge in [0, 0.05) is 40.9 Å². The van der Waals surface area contributed by atoms with E-state index in [1.165, 1.54) is 89.9 Å². The number of nitrogens with zero attached hydrogens (tertiary/aromatic N) is 2. The monoisotopic (exact) mass is 702 g/mol. The van der Waals surface area contributed by atoms with Crippen molar-refractivity contribution < 1.29 is 9.59 Å². The number of benzene rings is 3. The third-order valence-corrected chi connectivity index (χ3v) is 9.70. The molecule has 6 nitrogen and oxygen atoms in total. The number of carbonyl (C=O) groups is 2. The normalized spacial score (nSPS) is 11.0. The lowest BCUT2D eigenvalue weighted by atomic mass is 10.1. The van der Waals surface area contributed by atoms with Crippen LogP contribution in [0, 0.1) is 0 Å². The molecule has 52 heavy (non-hydrogen) atoms. The van der Waals surface area contributed by atoms with Crippen LogP contribution in [0.3, 0.4) is 0 Å². The maximum atomic E-state index is 12.6. The van der Waals surface area contributed by atoms with E-state index in [2.05, 4.69) is 24.5 Å². The lowest BCUT2D eigenvalue weighted by Gasteiger charge is -2.11. The highest BCUT2D eigenvalue weighted by atomic mass is 16.2. The topological polar surface area (TPSA) is 84.0 Å². The molecule has 0 aliphatic heterocycles. The van der Waals surface area contributed by atoms with Crippen molar-refractivity contribution in [3.05, 3.63) is 84.9 Å². The molecule has 0 unspecified atom stereocenters. The molecule has 0 aliphatic carbocycles. The number of carbonyl (C=O) groups excluding carboxylic acids is 2. The van der Waals surface area contributed by atoms with Gasteiger partial charge in [0.25, 0.3) is 0 Å². The summed E-state index contributed by atoms with van der Waals surface area (Å²) in [6.07, 6.45) is 23.3. The van der Waals surface area contributed by atoms with Gasteiger partial charge in [-0.05, 0) is 55.3 Å². The molecule has 0 saturated carbocycles. The zero-order valence-electron chi connectivity index (χ0n) is 31.9. The molecule has 2 N–H and O–H groups in total. The van der Waals surface area contributed by atoms with Crippen molar-refractivity contribution >= 4 is 23.2 Å². The summed E-state index contributed by atoms with van der Waals surface area (Å²) in [5.41, 5.74) is 6.02. The molecule has 6 heteroatoms. The quantitative estimate of drug-likeness (QED) is 0.0673. The molecular weight excluding hydrogens is 641 g/mol. The van der Waals surface area contributed by atoms with Crippen LogP contribution in [-0.2, 0) is 9.59 Å². The molecule has 0 fully saturated rings. The molecule has 1 heterocycles. The number of anilines is 2. The van der Waals surface area contributed by atoms with Gasteiger partial charge < -0.3 is 10.6 Å². The van der Waals surface area contributed by atoms with Crippen LogP contribution in [0.4, 0.5) is 11.4 Å². The smallest absolute Gasteiger partial charge is 0.224 e. The summed E-state index contributed by atoms with van der Waals surface area (Å²) in [5.74, 6) is 0.736. The summed E-state index contributed by atoms with van der Waals surface area (Å²) in [7, 11) is 0. The maximum Gasteiger partial charge on any atom is 0.224 e. The summed E-state index contributed by atoms with van der Waals surface area (Å²) in [6, 6.07) is 27.8. The molecule has 0 aliphatic rings. The fourth-order valence-electron chi connectivity index (χ4n) is 6.55. The molecule has 2 amide bonds. The van der Waals surface area contributed by atoms with Gasteiger partial charge in [0.05, 0.1) is 11.4 Å². The summed E-state index contributed by atoms with van der Waals surface area (Å²) in [6.45, 7) is 4.50. The van der Waals surface area contributed by atoms with Crippen LogP contribution in [0.15, 0.2) is 84.9 Å². The van der Waals surface area contributed by atoms with Crippen LogP contribution in [0.2, 0.25) is 0 Å². The van der Waals surface area contributed by atoms with Crippen molar-refractivity contribution in [1.29, 1.82) is 0 Å². The number of aromatic nitrogens is 2. The fraction of sp³-hybridized carbons (Fsp3) is 0.478. The second-order valence-corrected chi connectivity index (χ2v) is 14.2. The van der Waals surface area contributed by atoms with Crippen molar-refractivity contribution in [1.82, 2.24) is 9.97 Å². The predicted molar refractivity (Wildman–Crippen MR) is 219 cm³/mol. The number of amides is 2. The minimum Gasteiger partial charge on any atom is -0.326 e. The van der Waals surface area contributed by atoms with Gasteiger partial charge in [-0.2, -0.15) is 0 Å². The Balaban J connectivity index is 1.31. The van der Waals surface area contributed by atoms with Crippen molar-refractivity contribution in [3.8, 4) is 33.9 Å². The molecule has 1 aromatic heterocycles. The molecule has 0 bridgehead atoms. The van der Waals surface area contributed by atoms with Crippen LogP contribution in [0.5, 0.6) is 0 Å². The SMILES string of the molecule is CCCCCCCCCCCC(=O)Nc1ccc(-c2cc(-c3ccccc3)nc(-c3ccc(NC(=O)CCCCCCCCCCC)cc3)n2)cc1. The summed E-state index contributed by atoms with van der Waals surface area (Å²) in [5, 5.41) is 6.12. The van der Waals surface area contributed by atoms with E-state index in [9.17, 15) is 9.59 Å². The molecule has 0 atom stereocenters. The van der Waals surface area contributed by atoms with Gasteiger partial charge >= 0.3 is 0 Å². The zero-order valence-corrected chi connectivity index (χ0v) is 31.9. The first kappa shape index (κ1) is 40.5. The van der Waals surface area contributed by atoms with Gasteiger partial charge in [0.15, 0.2) is 5.82 Å². The fourth-order valence-corrected chi connectivity index (χ4v) is 6.55. The van der Waals surface area contributed by atoms with Crippen LogP contribution in [0.1, 0.15) is 142 Å². The summed E-state index contributed by atoms with van der Waals surface area (Å²) >= 11 is 0. The van der Waals surface area contributed by atoms with Crippen molar-refractivity contribution in [3.63, 3.8) is 0 Å². The molecule has 3 aromatic carbocycles. The van der Waals surface area contributed by atoms with Gasteiger partial charge in [-0.15, -0.1) is 0 Å². The van der Waals surface area contributed by atoms with E-state index in [1.54, 1.807) is 0 Å². The molecule has 0 saturated heterocycles. The highest BCUT2D eigenvalue weighted by Gasteiger charge is 2.12. The lowest BCUT2D eigenvalue weighted by Crippen LogP contribution is -2.11. The van der Waals surface area contributed by atoms with Gasteiger partial charge in [-0.3, -0.25) is 9.59 Å². The lowest BCUT2D eigenvalue weighted by molar-refractivity contribution is -0.117. The van der Waals surface area contributed by atoms with E-state index in [1.807, 2.05) is 84.9 Å². The molecule has 4 rings (SSSR count). The van der Waals surface area contributed by atoms with Crippen LogP contribution in [0.25, 0.3) is 33.9 Å². The maximum absolute atomic E-state index is 12.6. The standard InChI is InChI=1S/C46H62N4O2/c1-3-5-7-9-11-13-15-17-22-26-44(51)47-40-32-28-38(29-33-40)43-36-42(37-24-20-19-21-25-37)49-46(50-43)39-30-34-41(35-31-39)48-45(52)27-23-18-16-14-12-10-8-6-4-2/h19-21,24-25,28-36H,3-18,22-23,26-27H2,1-2H3,(H,47,51)(H,48,52). The number of unbranched alkanes of at least 4 members (excludes halogenated alkanes) is 16. The average molecular weight is 703 g/mol. The Morgan fingerprint density at radius 3 is 1.23 bits per heavy atom. The molecular formula is C46H62N4O2. The zero-order chi connectivity index (χ0) is 36.6. The first-order valence-corrected chi connectivity index (χ1v) is 20.3. The Kier molecular flexibility index (Phi) is 18.7. The van der Waals surface area contributed by atoms with Gasteiger partial charge in [-0.25, -0.2) is 9.97 Å². The molecule has 4 aromatic rings. The summed E-state index contributed by atoms with van der Waals surface area (Å²) in [4.78, 5) is 35.1. The predicted octanol–water partition coefficient (Wildman–Crippen LogP) is 13.2. The first-order valence-electron chi connectivity index (χ1n) is 20.3. The van der Waals surface area contributed by atoms with E-state index >= 15 is 0 Å². The van der Waals surface area contributed by atoms with Crippen LogP contribution in [-0.4, -0.2) is 21.8 Å². The second-order valence-electron chi connectivity index (χ2n) is 14.2. The first-order chi connectivity index (χ1) is 25.6. The third kappa shape index (κ3) is 15.1. The van der Waals surface area contributed by atoms with Crippen molar-refractivity contribution in [2.75, 3.05) is 10.6 Å². The Labute approximate surface area is 313 Å². The minimum atomic E-state index is 0.0587. The Hall–Kier alpha value is -4.32. The van der Waals surface area contributed by atoms with E-state index in [4.69, 9.17) is 9.97 Å². The highest BCUT2D eigenvalue weighted by Crippen LogP contribution is 2.29. The average Bonchev–Trinajstić information content (AvgIpc) is 3.17. The number of nitrogens with one attached hydrogen (secondary N) is 2. The van der Waals surface area contributed by atoms with E-state index in [-0.39, 0.29) is 11.8 Å². The number of rotatable bonds is 25. The molecule has 0 spiro atoms. The van der Waals surface area contributed by atoms with Crippen LogP contribution < -0.4 is 10.6 Å². The number of hydrogen-bond acceptors (Lipinski definition) is 4. The summed E-state index contributed by atoms with van der Waals surface area (Å²) < 4.78 is 0. The Bertz CT molecular complexity index is 1490. The van der Waals surface area contributed by atoms with Gasteiger partial charge in [0.1, 0.15) is 0 Å².